The van der Waals surface area contributed by atoms with Crippen LogP contribution in [-0.2, 0) is 9.59 Å². The van der Waals surface area contributed by atoms with Crippen LogP contribution in [0.4, 0.5) is 0 Å². The summed E-state index contributed by atoms with van der Waals surface area (Å²) in [5, 5.41) is 14.4. The van der Waals surface area contributed by atoms with Gasteiger partial charge in [-0.3, -0.25) is 9.59 Å². The van der Waals surface area contributed by atoms with Crippen LogP contribution in [0.2, 0.25) is 0 Å². The molecule has 15 heavy (non-hydrogen) atoms. The minimum Gasteiger partial charge on any atom is -0.392 e. The number of aliphatic hydroxyl groups is 1. The van der Waals surface area contributed by atoms with E-state index in [1.54, 1.807) is 6.92 Å². The zero-order valence-electron chi connectivity index (χ0n) is 8.82. The maximum Gasteiger partial charge on any atom is 0.311 e. The Hall–Kier alpha value is -1.14. The Labute approximate surface area is 88.6 Å². The zero-order chi connectivity index (χ0) is 11.3. The Morgan fingerprint density at radius 3 is 2.60 bits per heavy atom. The lowest BCUT2D eigenvalue weighted by molar-refractivity contribution is -0.146. The summed E-state index contributed by atoms with van der Waals surface area (Å²) in [5.74, 6) is -1.16. The molecule has 2 amide bonds. The number of aliphatic hydroxyl groups excluding tert-OH is 1. The number of hydrogen-bond donors (Lipinski definition) is 3. The molecule has 86 valence electrons. The highest BCUT2D eigenvalue weighted by Crippen LogP contribution is 1.93. The molecule has 0 aromatic rings. The van der Waals surface area contributed by atoms with Gasteiger partial charge in [-0.05, 0) is 6.92 Å². The Morgan fingerprint density at radius 2 is 2.07 bits per heavy atom. The number of hydrogen-bond acceptors (Lipinski definition) is 4. The Bertz CT molecular complexity index is 237. The lowest BCUT2D eigenvalue weighted by atomic mass is 10.3. The van der Waals surface area contributed by atoms with Gasteiger partial charge in [-0.1, -0.05) is 0 Å². The standard InChI is InChI=1S/C9H17N3O3/c1-7(13)6-11-8(14)9(15)12-4-2-10-3-5-12/h7,10,13H,2-6H2,1H3,(H,11,14). The molecule has 0 spiro atoms. The molecule has 0 bridgehead atoms. The molecule has 0 aromatic carbocycles. The Morgan fingerprint density at radius 1 is 1.47 bits per heavy atom. The van der Waals surface area contributed by atoms with Crippen molar-refractivity contribution >= 4 is 11.8 Å². The average molecular weight is 215 g/mol. The predicted molar refractivity (Wildman–Crippen MR) is 54.1 cm³/mol. The largest absolute Gasteiger partial charge is 0.392 e. The molecule has 1 saturated heterocycles. The molecule has 0 aliphatic carbocycles. The zero-order valence-corrected chi connectivity index (χ0v) is 8.82. The van der Waals surface area contributed by atoms with Crippen molar-refractivity contribution < 1.29 is 14.7 Å². The van der Waals surface area contributed by atoms with E-state index in [4.69, 9.17) is 5.11 Å². The molecule has 1 fully saturated rings. The van der Waals surface area contributed by atoms with Crippen molar-refractivity contribution in [2.45, 2.75) is 13.0 Å². The second-order valence-electron chi connectivity index (χ2n) is 3.60. The number of rotatable bonds is 2. The number of carbonyl (C=O) groups excluding carboxylic acids is 2. The lowest BCUT2D eigenvalue weighted by Gasteiger charge is -2.26. The van der Waals surface area contributed by atoms with Crippen LogP contribution in [0.3, 0.4) is 0 Å². The van der Waals surface area contributed by atoms with Gasteiger partial charge in [0, 0.05) is 32.7 Å². The van der Waals surface area contributed by atoms with Crippen LogP contribution in [0.1, 0.15) is 6.92 Å². The molecule has 0 aromatic heterocycles. The first-order chi connectivity index (χ1) is 7.11. The molecule has 1 rings (SSSR count). The lowest BCUT2D eigenvalue weighted by Crippen LogP contribution is -2.51. The van der Waals surface area contributed by atoms with Gasteiger partial charge >= 0.3 is 11.8 Å². The van der Waals surface area contributed by atoms with E-state index in [1.165, 1.54) is 4.90 Å². The van der Waals surface area contributed by atoms with Gasteiger partial charge in [0.05, 0.1) is 6.10 Å². The fourth-order valence-corrected chi connectivity index (χ4v) is 1.33. The summed E-state index contributed by atoms with van der Waals surface area (Å²) in [5.41, 5.74) is 0. The van der Waals surface area contributed by atoms with Crippen LogP contribution in [0, 0.1) is 0 Å². The Kier molecular flexibility index (Phi) is 4.51. The molecule has 1 unspecified atom stereocenters. The van der Waals surface area contributed by atoms with Crippen molar-refractivity contribution in [3.63, 3.8) is 0 Å². The van der Waals surface area contributed by atoms with Crippen LogP contribution in [0.5, 0.6) is 0 Å². The normalized spacial score (nSPS) is 18.4. The second-order valence-corrected chi connectivity index (χ2v) is 3.60. The third-order valence-corrected chi connectivity index (χ3v) is 2.16. The van der Waals surface area contributed by atoms with Gasteiger partial charge in [0.25, 0.3) is 0 Å². The van der Waals surface area contributed by atoms with E-state index in [0.29, 0.717) is 13.1 Å². The van der Waals surface area contributed by atoms with Gasteiger partial charge in [0.15, 0.2) is 0 Å². The average Bonchev–Trinajstić information content (AvgIpc) is 2.26. The van der Waals surface area contributed by atoms with Crippen LogP contribution in [0.15, 0.2) is 0 Å². The summed E-state index contributed by atoms with van der Waals surface area (Å²) in [6, 6.07) is 0. The number of nitrogens with zero attached hydrogens (tertiary/aromatic N) is 1. The molecule has 6 nitrogen and oxygen atoms in total. The van der Waals surface area contributed by atoms with Crippen molar-refractivity contribution in [1.29, 1.82) is 0 Å². The van der Waals surface area contributed by atoms with Crippen LogP contribution in [0.25, 0.3) is 0 Å². The summed E-state index contributed by atoms with van der Waals surface area (Å²) >= 11 is 0. The van der Waals surface area contributed by atoms with Crippen molar-refractivity contribution in [2.75, 3.05) is 32.7 Å². The maximum atomic E-state index is 11.5. The fraction of sp³-hybridized carbons (Fsp3) is 0.778. The quantitative estimate of drug-likeness (QED) is 0.462. The third-order valence-electron chi connectivity index (χ3n) is 2.16. The third kappa shape index (κ3) is 3.85. The first-order valence-electron chi connectivity index (χ1n) is 5.07. The minimum absolute atomic E-state index is 0.108. The van der Waals surface area contributed by atoms with Crippen molar-refractivity contribution in [3.8, 4) is 0 Å². The van der Waals surface area contributed by atoms with E-state index in [1.807, 2.05) is 0 Å². The highest BCUT2D eigenvalue weighted by atomic mass is 16.3. The summed E-state index contributed by atoms with van der Waals surface area (Å²) < 4.78 is 0. The van der Waals surface area contributed by atoms with Gasteiger partial charge < -0.3 is 20.6 Å². The highest BCUT2D eigenvalue weighted by molar-refractivity contribution is 6.35. The molecular formula is C9H17N3O3. The number of carbonyl (C=O) groups is 2. The van der Waals surface area contributed by atoms with Crippen LogP contribution in [-0.4, -0.2) is 60.6 Å². The second kappa shape index (κ2) is 5.67. The van der Waals surface area contributed by atoms with Gasteiger partial charge in [-0.15, -0.1) is 0 Å². The van der Waals surface area contributed by atoms with Gasteiger partial charge in [-0.2, -0.15) is 0 Å². The van der Waals surface area contributed by atoms with Crippen LogP contribution < -0.4 is 10.6 Å². The molecule has 0 radical (unpaired) electrons. The Balaban J connectivity index is 2.34. The van der Waals surface area contributed by atoms with Crippen molar-refractivity contribution in [1.82, 2.24) is 15.5 Å². The van der Waals surface area contributed by atoms with Crippen LogP contribution >= 0.6 is 0 Å². The fourth-order valence-electron chi connectivity index (χ4n) is 1.33. The minimum atomic E-state index is -0.641. The highest BCUT2D eigenvalue weighted by Gasteiger charge is 2.22. The van der Waals surface area contributed by atoms with Gasteiger partial charge in [0.2, 0.25) is 0 Å². The maximum absolute atomic E-state index is 11.5. The predicted octanol–water partition coefficient (Wildman–Crippen LogP) is -2.08. The number of piperazine rings is 1. The SMILES string of the molecule is CC(O)CNC(=O)C(=O)N1CCNCC1. The van der Waals surface area contributed by atoms with E-state index in [0.717, 1.165) is 13.1 Å². The number of amides is 2. The first-order valence-corrected chi connectivity index (χ1v) is 5.07. The molecule has 3 N–H and O–H groups in total. The molecule has 6 heteroatoms. The van der Waals surface area contributed by atoms with E-state index in [-0.39, 0.29) is 6.54 Å². The van der Waals surface area contributed by atoms with E-state index in [2.05, 4.69) is 10.6 Å². The van der Waals surface area contributed by atoms with Gasteiger partial charge in [-0.25, -0.2) is 0 Å². The summed E-state index contributed by atoms with van der Waals surface area (Å²) in [6.07, 6.45) is -0.634. The molecule has 1 heterocycles. The summed E-state index contributed by atoms with van der Waals surface area (Å²) in [4.78, 5) is 24.3. The van der Waals surface area contributed by atoms with E-state index >= 15 is 0 Å². The van der Waals surface area contributed by atoms with Crippen molar-refractivity contribution in [2.24, 2.45) is 0 Å². The van der Waals surface area contributed by atoms with Crippen molar-refractivity contribution in [3.05, 3.63) is 0 Å². The molecule has 1 aliphatic rings. The molecule has 0 saturated carbocycles. The number of nitrogens with one attached hydrogen (secondary N) is 2. The summed E-state index contributed by atoms with van der Waals surface area (Å²) in [6.45, 7) is 4.21. The monoisotopic (exact) mass is 215 g/mol. The molecular weight excluding hydrogens is 198 g/mol. The molecule has 1 aliphatic heterocycles. The van der Waals surface area contributed by atoms with Gasteiger partial charge in [0.1, 0.15) is 0 Å². The smallest absolute Gasteiger partial charge is 0.311 e. The summed E-state index contributed by atoms with van der Waals surface area (Å²) in [7, 11) is 0. The first kappa shape index (κ1) is 11.9. The van der Waals surface area contributed by atoms with E-state index in [9.17, 15) is 9.59 Å². The molecule has 1 atom stereocenters. The van der Waals surface area contributed by atoms with E-state index < -0.39 is 17.9 Å². The topological polar surface area (TPSA) is 81.7 Å².